The first-order valence-electron chi connectivity index (χ1n) is 5.37. The molecule has 2 aromatic rings. The molecule has 0 amide bonds. The smallest absolute Gasteiger partial charge is 0.244 e. The summed E-state index contributed by atoms with van der Waals surface area (Å²) < 4.78 is 53.0. The second-order valence-electron chi connectivity index (χ2n) is 3.91. The van der Waals surface area contributed by atoms with Crippen LogP contribution < -0.4 is 4.72 Å². The predicted molar refractivity (Wildman–Crippen MR) is 63.7 cm³/mol. The van der Waals surface area contributed by atoms with Crippen LogP contribution in [0.25, 0.3) is 0 Å². The molecule has 0 aliphatic carbocycles. The molecule has 0 aliphatic heterocycles. The second-order valence-corrected chi connectivity index (χ2v) is 5.63. The third-order valence-corrected chi connectivity index (χ3v) is 4.06. The molecule has 5 nitrogen and oxygen atoms in total. The van der Waals surface area contributed by atoms with E-state index in [0.717, 1.165) is 18.3 Å². The highest BCUT2D eigenvalue weighted by molar-refractivity contribution is 7.89. The first-order valence-corrected chi connectivity index (χ1v) is 6.85. The van der Waals surface area contributed by atoms with Crippen molar-refractivity contribution in [3.63, 3.8) is 0 Å². The number of nitrogens with one attached hydrogen (secondary N) is 2. The number of rotatable bonds is 4. The zero-order valence-electron chi connectivity index (χ0n) is 9.89. The Hall–Kier alpha value is -1.80. The summed E-state index contributed by atoms with van der Waals surface area (Å²) in [5.41, 5.74) is -0.324. The first kappa shape index (κ1) is 13.6. The van der Waals surface area contributed by atoms with Gasteiger partial charge in [0.25, 0.3) is 0 Å². The molecule has 2 rings (SSSR count). The van der Waals surface area contributed by atoms with E-state index >= 15 is 0 Å². The van der Waals surface area contributed by atoms with E-state index in [9.17, 15) is 17.2 Å². The van der Waals surface area contributed by atoms with Gasteiger partial charge in [-0.3, -0.25) is 5.10 Å². The molecule has 8 heteroatoms. The van der Waals surface area contributed by atoms with Crippen LogP contribution in [0, 0.1) is 11.6 Å². The molecule has 0 spiro atoms. The van der Waals surface area contributed by atoms with Crippen molar-refractivity contribution in [2.24, 2.45) is 0 Å². The molecule has 0 radical (unpaired) electrons. The summed E-state index contributed by atoms with van der Waals surface area (Å²) in [7, 11) is -3.87. The van der Waals surface area contributed by atoms with Gasteiger partial charge in [-0.05, 0) is 19.1 Å². The van der Waals surface area contributed by atoms with Crippen molar-refractivity contribution in [3.8, 4) is 0 Å². The van der Waals surface area contributed by atoms with E-state index in [2.05, 4.69) is 14.9 Å². The zero-order valence-corrected chi connectivity index (χ0v) is 10.7. The van der Waals surface area contributed by atoms with Gasteiger partial charge in [-0.15, -0.1) is 0 Å². The molecule has 0 fully saturated rings. The number of aromatic amines is 1. The van der Waals surface area contributed by atoms with Crippen LogP contribution in [0.4, 0.5) is 8.78 Å². The molecule has 1 unspecified atom stereocenters. The monoisotopic (exact) mass is 287 g/mol. The summed E-state index contributed by atoms with van der Waals surface area (Å²) in [5, 5.41) is 5.87. The van der Waals surface area contributed by atoms with E-state index in [4.69, 9.17) is 0 Å². The minimum absolute atomic E-state index is 0.101. The van der Waals surface area contributed by atoms with Gasteiger partial charge >= 0.3 is 0 Å². The topological polar surface area (TPSA) is 74.8 Å². The van der Waals surface area contributed by atoms with Gasteiger partial charge in [-0.1, -0.05) is 6.07 Å². The Labute approximate surface area is 108 Å². The Kier molecular flexibility index (Phi) is 3.63. The number of H-pyrrole nitrogens is 1. The van der Waals surface area contributed by atoms with Crippen molar-refractivity contribution in [1.29, 1.82) is 0 Å². The molecule has 1 aromatic heterocycles. The van der Waals surface area contributed by atoms with E-state index in [1.54, 1.807) is 0 Å². The highest BCUT2D eigenvalue weighted by Gasteiger charge is 2.23. The third-order valence-electron chi connectivity index (χ3n) is 2.55. The van der Waals surface area contributed by atoms with E-state index in [0.29, 0.717) is 0 Å². The minimum Gasteiger partial charge on any atom is -0.284 e. The van der Waals surface area contributed by atoms with Gasteiger partial charge in [0.15, 0.2) is 0 Å². The minimum atomic E-state index is -3.87. The maximum atomic E-state index is 13.5. The largest absolute Gasteiger partial charge is 0.284 e. The average Bonchev–Trinajstić information content (AvgIpc) is 2.81. The van der Waals surface area contributed by atoms with Crippen LogP contribution in [0.3, 0.4) is 0 Å². The van der Waals surface area contributed by atoms with E-state index in [1.165, 1.54) is 19.2 Å². The quantitative estimate of drug-likeness (QED) is 0.899. The lowest BCUT2D eigenvalue weighted by Crippen LogP contribution is -2.27. The van der Waals surface area contributed by atoms with Gasteiger partial charge in [0.2, 0.25) is 10.0 Å². The highest BCUT2D eigenvalue weighted by atomic mass is 32.2. The van der Waals surface area contributed by atoms with Gasteiger partial charge in [-0.25, -0.2) is 21.9 Å². The van der Waals surface area contributed by atoms with Gasteiger partial charge in [0, 0.05) is 17.8 Å². The zero-order chi connectivity index (χ0) is 14.0. The highest BCUT2D eigenvalue weighted by Crippen LogP contribution is 2.22. The fourth-order valence-electron chi connectivity index (χ4n) is 1.67. The summed E-state index contributed by atoms with van der Waals surface area (Å²) >= 11 is 0. The van der Waals surface area contributed by atoms with Gasteiger partial charge < -0.3 is 0 Å². The van der Waals surface area contributed by atoms with Gasteiger partial charge in [0.05, 0.1) is 6.20 Å². The Morgan fingerprint density at radius 1 is 1.32 bits per heavy atom. The number of sulfonamides is 1. The van der Waals surface area contributed by atoms with Crippen LogP contribution in [0.1, 0.15) is 18.5 Å². The van der Waals surface area contributed by atoms with Crippen molar-refractivity contribution < 1.29 is 17.2 Å². The van der Waals surface area contributed by atoms with Crippen LogP contribution in [0.5, 0.6) is 0 Å². The molecule has 1 aromatic carbocycles. The number of halogens is 2. The number of hydrogen-bond acceptors (Lipinski definition) is 3. The summed E-state index contributed by atoms with van der Waals surface area (Å²) in [6, 6.07) is 2.31. The molecule has 0 aliphatic rings. The first-order chi connectivity index (χ1) is 8.92. The number of hydrogen-bond donors (Lipinski definition) is 2. The van der Waals surface area contributed by atoms with Crippen LogP contribution >= 0.6 is 0 Å². The van der Waals surface area contributed by atoms with Crippen molar-refractivity contribution in [3.05, 3.63) is 47.8 Å². The molecule has 2 N–H and O–H groups in total. The van der Waals surface area contributed by atoms with Crippen molar-refractivity contribution >= 4 is 10.0 Å². The van der Waals surface area contributed by atoms with E-state index in [1.807, 2.05) is 0 Å². The molecular weight excluding hydrogens is 276 g/mol. The normalized spacial score (nSPS) is 13.4. The van der Waals surface area contributed by atoms with Crippen LogP contribution in [-0.4, -0.2) is 18.6 Å². The van der Waals surface area contributed by atoms with Crippen LogP contribution in [-0.2, 0) is 10.0 Å². The van der Waals surface area contributed by atoms with Crippen molar-refractivity contribution in [2.45, 2.75) is 17.9 Å². The summed E-state index contributed by atoms with van der Waals surface area (Å²) in [6.45, 7) is 1.36. The summed E-state index contributed by atoms with van der Waals surface area (Å²) in [4.78, 5) is -0.101. The third kappa shape index (κ3) is 2.79. The number of nitrogens with zero attached hydrogens (tertiary/aromatic N) is 1. The molecule has 1 atom stereocenters. The fourth-order valence-corrected chi connectivity index (χ4v) is 2.79. The SMILES string of the molecule is CC(NS(=O)(=O)c1cn[nH]c1)c1c(F)cccc1F. The average molecular weight is 287 g/mol. The lowest BCUT2D eigenvalue weighted by molar-refractivity contribution is 0.515. The lowest BCUT2D eigenvalue weighted by atomic mass is 10.1. The van der Waals surface area contributed by atoms with Crippen molar-refractivity contribution in [1.82, 2.24) is 14.9 Å². The Morgan fingerprint density at radius 2 is 1.95 bits per heavy atom. The summed E-state index contributed by atoms with van der Waals surface area (Å²) in [5.74, 6) is -1.61. The standard InChI is InChI=1S/C11H11F2N3O2S/c1-7(11-9(12)3-2-4-10(11)13)16-19(17,18)8-5-14-15-6-8/h2-7,16H,1H3,(H,14,15). The fraction of sp³-hybridized carbons (Fsp3) is 0.182. The van der Waals surface area contributed by atoms with E-state index < -0.39 is 27.7 Å². The van der Waals surface area contributed by atoms with Crippen LogP contribution in [0.15, 0.2) is 35.5 Å². The van der Waals surface area contributed by atoms with Crippen LogP contribution in [0.2, 0.25) is 0 Å². The Balaban J connectivity index is 2.30. The second kappa shape index (κ2) is 5.06. The van der Waals surface area contributed by atoms with Gasteiger partial charge in [0.1, 0.15) is 16.5 Å². The predicted octanol–water partition coefficient (Wildman–Crippen LogP) is 1.73. The molecule has 0 bridgehead atoms. The number of benzene rings is 1. The Morgan fingerprint density at radius 3 is 2.47 bits per heavy atom. The molecule has 102 valence electrons. The molecule has 0 saturated heterocycles. The number of aromatic nitrogens is 2. The summed E-state index contributed by atoms with van der Waals surface area (Å²) in [6.07, 6.45) is 2.28. The lowest BCUT2D eigenvalue weighted by Gasteiger charge is -2.15. The van der Waals surface area contributed by atoms with Crippen molar-refractivity contribution in [2.75, 3.05) is 0 Å². The maximum Gasteiger partial charge on any atom is 0.244 e. The molecule has 1 heterocycles. The molecule has 19 heavy (non-hydrogen) atoms. The Bertz CT molecular complexity index is 651. The molecule has 0 saturated carbocycles. The van der Waals surface area contributed by atoms with Gasteiger partial charge in [-0.2, -0.15) is 5.10 Å². The maximum absolute atomic E-state index is 13.5. The molecular formula is C11H11F2N3O2S. The van der Waals surface area contributed by atoms with E-state index in [-0.39, 0.29) is 10.5 Å².